The van der Waals surface area contributed by atoms with Crippen LogP contribution in [0.5, 0.6) is 5.75 Å². The third-order valence-electron chi connectivity index (χ3n) is 4.66. The van der Waals surface area contributed by atoms with Gasteiger partial charge in [0.25, 0.3) is 0 Å². The maximum atomic E-state index is 11.2. The van der Waals surface area contributed by atoms with Crippen molar-refractivity contribution in [1.82, 2.24) is 0 Å². The van der Waals surface area contributed by atoms with Crippen molar-refractivity contribution < 1.29 is 19.4 Å². The summed E-state index contributed by atoms with van der Waals surface area (Å²) in [5.41, 5.74) is 4.41. The molecule has 0 amide bonds. The molecule has 4 nitrogen and oxygen atoms in total. The monoisotopic (exact) mass is 402 g/mol. The fourth-order valence-corrected chi connectivity index (χ4v) is 3.10. The van der Waals surface area contributed by atoms with E-state index in [2.05, 4.69) is 36.4 Å². The molecular formula is C26H26O4. The van der Waals surface area contributed by atoms with Crippen LogP contribution in [0, 0.1) is 0 Å². The number of hydrogen-bond acceptors (Lipinski definition) is 3. The number of carboxylic acid groups (broad SMARTS) is 1. The number of benzene rings is 3. The van der Waals surface area contributed by atoms with Gasteiger partial charge >= 0.3 is 5.97 Å². The molecule has 1 atom stereocenters. The van der Waals surface area contributed by atoms with Gasteiger partial charge < -0.3 is 14.6 Å². The van der Waals surface area contributed by atoms with E-state index in [0.29, 0.717) is 19.6 Å². The molecule has 1 unspecified atom stereocenters. The third kappa shape index (κ3) is 6.33. The summed E-state index contributed by atoms with van der Waals surface area (Å²) in [6, 6.07) is 26.1. The van der Waals surface area contributed by atoms with E-state index in [1.807, 2.05) is 54.6 Å². The number of aliphatic carboxylic acids is 1. The van der Waals surface area contributed by atoms with Crippen molar-refractivity contribution in [3.05, 3.63) is 96.1 Å². The molecule has 3 aromatic carbocycles. The molecule has 0 fully saturated rings. The largest absolute Gasteiger partial charge is 0.490 e. The van der Waals surface area contributed by atoms with Crippen molar-refractivity contribution in [1.29, 1.82) is 0 Å². The Morgan fingerprint density at radius 3 is 2.23 bits per heavy atom. The van der Waals surface area contributed by atoms with E-state index in [1.165, 1.54) is 11.1 Å². The van der Waals surface area contributed by atoms with Crippen LogP contribution in [-0.4, -0.2) is 30.4 Å². The van der Waals surface area contributed by atoms with Gasteiger partial charge in [-0.3, -0.25) is 0 Å². The molecule has 4 heteroatoms. The van der Waals surface area contributed by atoms with Crippen LogP contribution in [0.4, 0.5) is 0 Å². The Morgan fingerprint density at radius 2 is 1.60 bits per heavy atom. The number of hydrogen-bond donors (Lipinski definition) is 1. The van der Waals surface area contributed by atoms with Gasteiger partial charge in [-0.15, -0.1) is 0 Å². The van der Waals surface area contributed by atoms with E-state index < -0.39 is 12.1 Å². The minimum atomic E-state index is -0.945. The Kier molecular flexibility index (Phi) is 7.81. The summed E-state index contributed by atoms with van der Waals surface area (Å²) in [4.78, 5) is 11.2. The summed E-state index contributed by atoms with van der Waals surface area (Å²) in [7, 11) is 0. The summed E-state index contributed by atoms with van der Waals surface area (Å²) in [5, 5.41) is 9.17. The van der Waals surface area contributed by atoms with E-state index in [9.17, 15) is 9.90 Å². The highest BCUT2D eigenvalue weighted by atomic mass is 16.5. The van der Waals surface area contributed by atoms with E-state index in [1.54, 1.807) is 6.92 Å². The molecule has 154 valence electrons. The van der Waals surface area contributed by atoms with Crippen LogP contribution >= 0.6 is 0 Å². The van der Waals surface area contributed by atoms with E-state index in [4.69, 9.17) is 9.47 Å². The van der Waals surface area contributed by atoms with Crippen LogP contribution in [0.2, 0.25) is 0 Å². The van der Waals surface area contributed by atoms with Crippen LogP contribution in [0.1, 0.15) is 18.1 Å². The van der Waals surface area contributed by atoms with Crippen LogP contribution in [0.3, 0.4) is 0 Å². The SMILES string of the molecule is CCOC(Cc1ccc(OC/C=C/c2ccc(-c3ccccc3)cc2)cc1)C(=O)O. The summed E-state index contributed by atoms with van der Waals surface area (Å²) >= 11 is 0. The lowest BCUT2D eigenvalue weighted by atomic mass is 10.0. The standard InChI is InChI=1S/C26H26O4/c1-2-29-25(26(27)28)19-21-12-16-24(17-13-21)30-18-6-7-20-10-14-23(15-11-20)22-8-4-3-5-9-22/h3-17,25H,2,18-19H2,1H3,(H,27,28)/b7-6+. The van der Waals surface area contributed by atoms with Gasteiger partial charge in [-0.1, -0.05) is 72.8 Å². The first kappa shape index (κ1) is 21.3. The highest BCUT2D eigenvalue weighted by Gasteiger charge is 2.17. The lowest BCUT2D eigenvalue weighted by molar-refractivity contribution is -0.149. The molecule has 3 aromatic rings. The van der Waals surface area contributed by atoms with Crippen LogP contribution in [0.25, 0.3) is 17.2 Å². The molecule has 0 saturated heterocycles. The predicted molar refractivity (Wildman–Crippen MR) is 120 cm³/mol. The van der Waals surface area contributed by atoms with Crippen LogP contribution < -0.4 is 4.74 Å². The van der Waals surface area contributed by atoms with Gasteiger partial charge in [0.05, 0.1) is 0 Å². The second-order valence-corrected chi connectivity index (χ2v) is 6.83. The lowest BCUT2D eigenvalue weighted by Crippen LogP contribution is -2.26. The first-order valence-electron chi connectivity index (χ1n) is 10.0. The maximum Gasteiger partial charge on any atom is 0.333 e. The molecule has 1 N–H and O–H groups in total. The lowest BCUT2D eigenvalue weighted by Gasteiger charge is -2.12. The Hall–Kier alpha value is -3.37. The third-order valence-corrected chi connectivity index (χ3v) is 4.66. The van der Waals surface area contributed by atoms with Gasteiger partial charge in [0.2, 0.25) is 0 Å². The summed E-state index contributed by atoms with van der Waals surface area (Å²) in [6.07, 6.45) is 3.52. The van der Waals surface area contributed by atoms with Crippen molar-refractivity contribution in [3.63, 3.8) is 0 Å². The van der Waals surface area contributed by atoms with E-state index in [0.717, 1.165) is 16.9 Å². The fraction of sp³-hybridized carbons (Fsp3) is 0.192. The second kappa shape index (κ2) is 11.0. The van der Waals surface area contributed by atoms with Gasteiger partial charge in [0.1, 0.15) is 12.4 Å². The first-order valence-corrected chi connectivity index (χ1v) is 10.0. The van der Waals surface area contributed by atoms with Crippen LogP contribution in [-0.2, 0) is 16.0 Å². The molecule has 0 aliphatic rings. The number of ether oxygens (including phenoxy) is 2. The predicted octanol–water partition coefficient (Wildman–Crippen LogP) is 5.48. The highest BCUT2D eigenvalue weighted by Crippen LogP contribution is 2.20. The van der Waals surface area contributed by atoms with Gasteiger partial charge in [-0.2, -0.15) is 0 Å². The molecule has 0 aliphatic heterocycles. The average Bonchev–Trinajstić information content (AvgIpc) is 2.78. The van der Waals surface area contributed by atoms with Crippen molar-refractivity contribution in [3.8, 4) is 16.9 Å². The van der Waals surface area contributed by atoms with Crippen molar-refractivity contribution in [2.75, 3.05) is 13.2 Å². The van der Waals surface area contributed by atoms with Gasteiger partial charge in [-0.25, -0.2) is 4.79 Å². The zero-order chi connectivity index (χ0) is 21.2. The molecule has 0 aromatic heterocycles. The van der Waals surface area contributed by atoms with Gasteiger partial charge in [0, 0.05) is 13.0 Å². The van der Waals surface area contributed by atoms with Crippen LogP contribution in [0.15, 0.2) is 84.9 Å². The molecule has 30 heavy (non-hydrogen) atoms. The average molecular weight is 402 g/mol. The Morgan fingerprint density at radius 1 is 0.933 bits per heavy atom. The summed E-state index contributed by atoms with van der Waals surface area (Å²) in [6.45, 7) is 2.62. The minimum absolute atomic E-state index is 0.336. The van der Waals surface area contributed by atoms with E-state index >= 15 is 0 Å². The fourth-order valence-electron chi connectivity index (χ4n) is 3.10. The summed E-state index contributed by atoms with van der Waals surface area (Å²) in [5.74, 6) is -0.203. The molecule has 0 aliphatic carbocycles. The Bertz CT molecular complexity index is 945. The zero-order valence-corrected chi connectivity index (χ0v) is 17.0. The second-order valence-electron chi connectivity index (χ2n) is 6.83. The Labute approximate surface area is 177 Å². The van der Waals surface area contributed by atoms with E-state index in [-0.39, 0.29) is 0 Å². The van der Waals surface area contributed by atoms with Gasteiger partial charge in [-0.05, 0) is 47.4 Å². The molecule has 0 spiro atoms. The first-order chi connectivity index (χ1) is 14.7. The number of carboxylic acids is 1. The van der Waals surface area contributed by atoms with Crippen molar-refractivity contribution >= 4 is 12.0 Å². The molecule has 0 saturated carbocycles. The molecule has 0 radical (unpaired) electrons. The summed E-state index contributed by atoms with van der Waals surface area (Å²) < 4.78 is 11.0. The molecule has 0 bridgehead atoms. The van der Waals surface area contributed by atoms with Crippen molar-refractivity contribution in [2.45, 2.75) is 19.4 Å². The van der Waals surface area contributed by atoms with Gasteiger partial charge in [0.15, 0.2) is 6.10 Å². The normalized spacial score (nSPS) is 12.0. The van der Waals surface area contributed by atoms with Crippen molar-refractivity contribution in [2.24, 2.45) is 0 Å². The highest BCUT2D eigenvalue weighted by molar-refractivity contribution is 5.72. The molecule has 0 heterocycles. The molecular weight excluding hydrogens is 376 g/mol. The smallest absolute Gasteiger partial charge is 0.333 e. The quantitative estimate of drug-likeness (QED) is 0.488. The Balaban J connectivity index is 1.49. The maximum absolute atomic E-state index is 11.2. The minimum Gasteiger partial charge on any atom is -0.490 e. The topological polar surface area (TPSA) is 55.8 Å². The molecule has 3 rings (SSSR count). The zero-order valence-electron chi connectivity index (χ0n) is 17.0. The number of rotatable bonds is 10. The number of carbonyl (C=O) groups is 1.